The van der Waals surface area contributed by atoms with Crippen LogP contribution < -0.4 is 4.72 Å². The lowest BCUT2D eigenvalue weighted by molar-refractivity contribution is 0.381. The van der Waals surface area contributed by atoms with Gasteiger partial charge in [-0.2, -0.15) is 8.42 Å². The van der Waals surface area contributed by atoms with Gasteiger partial charge in [-0.3, -0.25) is 4.72 Å². The minimum absolute atomic E-state index is 0.162. The summed E-state index contributed by atoms with van der Waals surface area (Å²) in [6, 6.07) is 6.50. The molecular formula is C12H10ClN3O3S. The molecule has 0 saturated heterocycles. The summed E-state index contributed by atoms with van der Waals surface area (Å²) in [6.07, 6.45) is 1.60. The van der Waals surface area contributed by atoms with E-state index in [2.05, 4.69) is 14.9 Å². The van der Waals surface area contributed by atoms with Crippen LogP contribution in [0, 0.1) is 6.92 Å². The van der Waals surface area contributed by atoms with Crippen LogP contribution in [-0.2, 0) is 10.0 Å². The second-order valence-corrected chi connectivity index (χ2v) is 6.28. The van der Waals surface area contributed by atoms with E-state index in [0.29, 0.717) is 22.0 Å². The first-order valence-corrected chi connectivity index (χ1v) is 7.55. The SMILES string of the molecule is Cc1cc(S(=O)(=O)Nc2cccc3c(Cl)c[nH]c23)no1. The summed E-state index contributed by atoms with van der Waals surface area (Å²) in [5.74, 6) is 0.423. The number of H-pyrrole nitrogens is 1. The smallest absolute Gasteiger partial charge is 0.282 e. The number of nitrogens with one attached hydrogen (secondary N) is 2. The lowest BCUT2D eigenvalue weighted by atomic mass is 10.2. The fourth-order valence-corrected chi connectivity index (χ4v) is 3.11. The third-order valence-corrected chi connectivity index (χ3v) is 4.34. The fourth-order valence-electron chi connectivity index (χ4n) is 1.87. The molecule has 0 spiro atoms. The van der Waals surface area contributed by atoms with Crippen molar-refractivity contribution in [3.8, 4) is 0 Å². The average molecular weight is 312 g/mol. The van der Waals surface area contributed by atoms with Gasteiger partial charge in [0.25, 0.3) is 10.0 Å². The lowest BCUT2D eigenvalue weighted by Gasteiger charge is -2.06. The van der Waals surface area contributed by atoms with E-state index in [-0.39, 0.29) is 5.03 Å². The third kappa shape index (κ3) is 2.14. The highest BCUT2D eigenvalue weighted by Crippen LogP contribution is 2.29. The van der Waals surface area contributed by atoms with Crippen molar-refractivity contribution >= 4 is 38.2 Å². The Morgan fingerprint density at radius 3 is 2.90 bits per heavy atom. The van der Waals surface area contributed by atoms with E-state index in [9.17, 15) is 8.42 Å². The second-order valence-electron chi connectivity index (χ2n) is 4.25. The van der Waals surface area contributed by atoms with Crippen molar-refractivity contribution in [3.63, 3.8) is 0 Å². The normalized spacial score (nSPS) is 11.9. The van der Waals surface area contributed by atoms with E-state index in [1.807, 2.05) is 0 Å². The van der Waals surface area contributed by atoms with Gasteiger partial charge in [0.1, 0.15) is 5.76 Å². The fraction of sp³-hybridized carbons (Fsp3) is 0.0833. The molecule has 0 radical (unpaired) electrons. The van der Waals surface area contributed by atoms with Crippen LogP contribution in [0.1, 0.15) is 5.76 Å². The number of aryl methyl sites for hydroxylation is 1. The Labute approximate surface area is 119 Å². The number of sulfonamides is 1. The van der Waals surface area contributed by atoms with Crippen LogP contribution in [0.25, 0.3) is 10.9 Å². The maximum absolute atomic E-state index is 12.2. The number of benzene rings is 1. The van der Waals surface area contributed by atoms with E-state index in [4.69, 9.17) is 16.1 Å². The molecule has 1 aromatic carbocycles. The quantitative estimate of drug-likeness (QED) is 0.778. The molecule has 104 valence electrons. The standard InChI is InChI=1S/C12H10ClN3O3S/c1-7-5-11(15-19-7)20(17,18)16-10-4-2-3-8-9(13)6-14-12(8)10/h2-6,14,16H,1H3. The van der Waals surface area contributed by atoms with Gasteiger partial charge in [0.15, 0.2) is 0 Å². The Morgan fingerprint density at radius 2 is 2.20 bits per heavy atom. The van der Waals surface area contributed by atoms with Gasteiger partial charge < -0.3 is 9.51 Å². The number of hydrogen-bond donors (Lipinski definition) is 2. The Bertz CT molecular complexity index is 882. The molecule has 0 fully saturated rings. The zero-order chi connectivity index (χ0) is 14.3. The molecule has 0 bridgehead atoms. The summed E-state index contributed by atoms with van der Waals surface area (Å²) < 4.78 is 31.6. The van der Waals surface area contributed by atoms with Crippen molar-refractivity contribution in [3.05, 3.63) is 41.2 Å². The topological polar surface area (TPSA) is 88.0 Å². The molecule has 2 aromatic heterocycles. The summed E-state index contributed by atoms with van der Waals surface area (Å²) in [7, 11) is -3.79. The molecule has 0 amide bonds. The third-order valence-electron chi connectivity index (χ3n) is 2.79. The van der Waals surface area contributed by atoms with Gasteiger partial charge in [0.05, 0.1) is 16.2 Å². The molecule has 0 atom stereocenters. The van der Waals surface area contributed by atoms with Gasteiger partial charge in [0.2, 0.25) is 5.03 Å². The van der Waals surface area contributed by atoms with Crippen LogP contribution in [-0.4, -0.2) is 18.6 Å². The largest absolute Gasteiger partial charge is 0.360 e. The van der Waals surface area contributed by atoms with E-state index in [1.54, 1.807) is 31.3 Å². The molecule has 2 heterocycles. The number of anilines is 1. The predicted molar refractivity (Wildman–Crippen MR) is 75.4 cm³/mol. The molecule has 8 heteroatoms. The maximum Gasteiger partial charge on any atom is 0.282 e. The van der Waals surface area contributed by atoms with Crippen molar-refractivity contribution < 1.29 is 12.9 Å². The predicted octanol–water partition coefficient (Wildman–Crippen LogP) is 2.92. The first-order valence-electron chi connectivity index (χ1n) is 5.69. The van der Waals surface area contributed by atoms with Crippen LogP contribution in [0.5, 0.6) is 0 Å². The van der Waals surface area contributed by atoms with E-state index in [0.717, 1.165) is 5.39 Å². The summed E-state index contributed by atoms with van der Waals surface area (Å²) in [5.41, 5.74) is 1.01. The van der Waals surface area contributed by atoms with Crippen LogP contribution in [0.2, 0.25) is 5.02 Å². The molecule has 0 unspecified atom stereocenters. The first-order chi connectivity index (χ1) is 9.47. The van der Waals surface area contributed by atoms with Gasteiger partial charge in [-0.1, -0.05) is 28.9 Å². The minimum Gasteiger partial charge on any atom is -0.360 e. The molecule has 0 aliphatic carbocycles. The monoisotopic (exact) mass is 311 g/mol. The molecule has 6 nitrogen and oxygen atoms in total. The summed E-state index contributed by atoms with van der Waals surface area (Å²) in [4.78, 5) is 2.93. The molecule has 3 aromatic rings. The highest BCUT2D eigenvalue weighted by Gasteiger charge is 2.20. The Hall–Kier alpha value is -1.99. The van der Waals surface area contributed by atoms with Crippen molar-refractivity contribution in [2.24, 2.45) is 0 Å². The summed E-state index contributed by atoms with van der Waals surface area (Å²) in [5, 5.41) is 4.61. The minimum atomic E-state index is -3.79. The second kappa shape index (κ2) is 4.53. The summed E-state index contributed by atoms with van der Waals surface area (Å²) >= 11 is 6.00. The van der Waals surface area contributed by atoms with Gasteiger partial charge in [0, 0.05) is 17.6 Å². The average Bonchev–Trinajstić information content (AvgIpc) is 2.98. The van der Waals surface area contributed by atoms with Crippen molar-refractivity contribution in [1.29, 1.82) is 0 Å². The number of fused-ring (bicyclic) bond motifs is 1. The zero-order valence-electron chi connectivity index (χ0n) is 10.3. The Kier molecular flexibility index (Phi) is 2.95. The Balaban J connectivity index is 2.05. The molecular weight excluding hydrogens is 302 g/mol. The molecule has 3 rings (SSSR count). The molecule has 0 saturated carbocycles. The highest BCUT2D eigenvalue weighted by atomic mass is 35.5. The van der Waals surface area contributed by atoms with Crippen molar-refractivity contribution in [2.75, 3.05) is 4.72 Å². The number of hydrogen-bond acceptors (Lipinski definition) is 4. The Morgan fingerprint density at radius 1 is 1.40 bits per heavy atom. The number of aromatic amines is 1. The van der Waals surface area contributed by atoms with E-state index in [1.165, 1.54) is 6.07 Å². The maximum atomic E-state index is 12.2. The van der Waals surface area contributed by atoms with E-state index >= 15 is 0 Å². The first kappa shape index (κ1) is 13.0. The van der Waals surface area contributed by atoms with Gasteiger partial charge in [-0.25, -0.2) is 0 Å². The number of nitrogens with zero attached hydrogens (tertiary/aromatic N) is 1. The van der Waals surface area contributed by atoms with Crippen molar-refractivity contribution in [2.45, 2.75) is 11.9 Å². The molecule has 2 N–H and O–H groups in total. The van der Waals surface area contributed by atoms with Crippen LogP contribution in [0.15, 0.2) is 40.0 Å². The lowest BCUT2D eigenvalue weighted by Crippen LogP contribution is -2.13. The number of aromatic nitrogens is 2. The van der Waals surface area contributed by atoms with Crippen LogP contribution in [0.3, 0.4) is 0 Å². The molecule has 20 heavy (non-hydrogen) atoms. The van der Waals surface area contributed by atoms with Crippen LogP contribution >= 0.6 is 11.6 Å². The number of para-hydroxylation sites is 1. The molecule has 0 aliphatic heterocycles. The van der Waals surface area contributed by atoms with Gasteiger partial charge >= 0.3 is 0 Å². The van der Waals surface area contributed by atoms with Gasteiger partial charge in [-0.15, -0.1) is 0 Å². The number of rotatable bonds is 3. The molecule has 0 aliphatic rings. The zero-order valence-corrected chi connectivity index (χ0v) is 11.9. The van der Waals surface area contributed by atoms with Gasteiger partial charge in [-0.05, 0) is 13.0 Å². The summed E-state index contributed by atoms with van der Waals surface area (Å²) in [6.45, 7) is 1.62. The van der Waals surface area contributed by atoms with E-state index < -0.39 is 10.0 Å². The van der Waals surface area contributed by atoms with Crippen molar-refractivity contribution in [1.82, 2.24) is 10.1 Å². The highest BCUT2D eigenvalue weighted by molar-refractivity contribution is 7.92. The number of halogens is 1. The van der Waals surface area contributed by atoms with Crippen LogP contribution in [0.4, 0.5) is 5.69 Å².